The van der Waals surface area contributed by atoms with Crippen LogP contribution in [0.5, 0.6) is 0 Å². The third kappa shape index (κ3) is 5.33. The number of hydrogen-bond donors (Lipinski definition) is 1. The van der Waals surface area contributed by atoms with Gasteiger partial charge in [-0.3, -0.25) is 4.79 Å². The Bertz CT molecular complexity index is 467. The van der Waals surface area contributed by atoms with Crippen molar-refractivity contribution in [3.8, 4) is 0 Å². The van der Waals surface area contributed by atoms with Gasteiger partial charge in [0.15, 0.2) is 0 Å². The number of nitrogens with two attached hydrogens (primary N) is 1. The first-order chi connectivity index (χ1) is 9.51. The van der Waals surface area contributed by atoms with Gasteiger partial charge in [0.05, 0.1) is 25.1 Å². The predicted octanol–water partition coefficient (Wildman–Crippen LogP) is 2.51. The second-order valence-electron chi connectivity index (χ2n) is 4.44. The molecule has 1 rings (SSSR count). The Morgan fingerprint density at radius 2 is 2.05 bits per heavy atom. The van der Waals surface area contributed by atoms with Gasteiger partial charge in [0.2, 0.25) is 0 Å². The van der Waals surface area contributed by atoms with Gasteiger partial charge in [0, 0.05) is 13.3 Å². The maximum Gasteiger partial charge on any atom is 0.306 e. The van der Waals surface area contributed by atoms with E-state index in [-0.39, 0.29) is 18.2 Å². The fourth-order valence-corrected chi connectivity index (χ4v) is 4.13. The fourth-order valence-electron chi connectivity index (χ4n) is 1.87. The van der Waals surface area contributed by atoms with Gasteiger partial charge in [-0.1, -0.05) is 42.1 Å². The average molecular weight is 315 g/mol. The van der Waals surface area contributed by atoms with Crippen LogP contribution >= 0.6 is 6.26 Å². The van der Waals surface area contributed by atoms with Gasteiger partial charge in [-0.05, 0) is 18.9 Å². The quantitative estimate of drug-likeness (QED) is 0.590. The summed E-state index contributed by atoms with van der Waals surface area (Å²) in [6, 6.07) is 9.93. The number of benzene rings is 1. The van der Waals surface area contributed by atoms with Crippen molar-refractivity contribution >= 4 is 24.0 Å². The molecule has 0 aliphatic carbocycles. The summed E-state index contributed by atoms with van der Waals surface area (Å²) in [6.45, 7) is 2.16. The van der Waals surface area contributed by atoms with E-state index in [0.29, 0.717) is 19.2 Å². The molecule has 0 aliphatic rings. The summed E-state index contributed by atoms with van der Waals surface area (Å²) >= 11 is 5.58. The third-order valence-corrected chi connectivity index (χ3v) is 7.50. The molecule has 0 bridgehead atoms. The number of ether oxygens (including phenoxy) is 1. The SMILES string of the molecule is CCOC(=O)CCP(=S)(OC)C(N)Cc1ccccc1. The molecule has 2 N–H and O–H groups in total. The van der Waals surface area contributed by atoms with Crippen LogP contribution in [-0.4, -0.2) is 31.6 Å². The molecule has 4 nitrogen and oxygen atoms in total. The van der Waals surface area contributed by atoms with Crippen LogP contribution in [0.4, 0.5) is 0 Å². The first kappa shape index (κ1) is 17.3. The Morgan fingerprint density at radius 1 is 1.40 bits per heavy atom. The molecule has 0 saturated heterocycles. The van der Waals surface area contributed by atoms with E-state index in [9.17, 15) is 4.79 Å². The van der Waals surface area contributed by atoms with E-state index in [1.807, 2.05) is 30.3 Å². The van der Waals surface area contributed by atoms with E-state index < -0.39 is 6.26 Å². The standard InChI is InChI=1S/C14H22NO3PS/c1-3-18-14(16)9-10-19(20,17-2)13(15)11-12-7-5-4-6-8-12/h4-8,13H,3,9-11,15H2,1-2H3. The zero-order valence-corrected chi connectivity index (χ0v) is 13.7. The van der Waals surface area contributed by atoms with Crippen LogP contribution in [0, 0.1) is 0 Å². The van der Waals surface area contributed by atoms with Gasteiger partial charge in [-0.25, -0.2) is 0 Å². The molecular formula is C14H22NO3PS. The van der Waals surface area contributed by atoms with Crippen LogP contribution in [0.3, 0.4) is 0 Å². The average Bonchev–Trinajstić information content (AvgIpc) is 2.46. The van der Waals surface area contributed by atoms with E-state index in [2.05, 4.69) is 0 Å². The molecule has 0 fully saturated rings. The molecule has 0 radical (unpaired) electrons. The predicted molar refractivity (Wildman–Crippen MR) is 85.5 cm³/mol. The highest BCUT2D eigenvalue weighted by molar-refractivity contribution is 8.12. The number of rotatable bonds is 8. The van der Waals surface area contributed by atoms with Crippen molar-refractivity contribution in [2.75, 3.05) is 19.9 Å². The van der Waals surface area contributed by atoms with E-state index in [4.69, 9.17) is 26.8 Å². The van der Waals surface area contributed by atoms with Crippen molar-refractivity contribution in [1.82, 2.24) is 0 Å². The van der Waals surface area contributed by atoms with Crippen LogP contribution < -0.4 is 5.73 Å². The maximum atomic E-state index is 11.4. The minimum atomic E-state index is -2.22. The van der Waals surface area contributed by atoms with Gasteiger partial charge in [0.25, 0.3) is 0 Å². The summed E-state index contributed by atoms with van der Waals surface area (Å²) in [5, 5.41) is 0. The molecule has 0 amide bonds. The molecule has 0 saturated carbocycles. The Labute approximate surface area is 125 Å². The largest absolute Gasteiger partial charge is 0.466 e. The van der Waals surface area contributed by atoms with Crippen LogP contribution in [-0.2, 0) is 32.3 Å². The number of carbonyl (C=O) groups is 1. The van der Waals surface area contributed by atoms with E-state index >= 15 is 0 Å². The molecule has 0 heterocycles. The van der Waals surface area contributed by atoms with Crippen LogP contribution in [0.25, 0.3) is 0 Å². The van der Waals surface area contributed by atoms with Crippen molar-refractivity contribution in [3.63, 3.8) is 0 Å². The first-order valence-electron chi connectivity index (χ1n) is 6.61. The number of carbonyl (C=O) groups excluding carboxylic acids is 1. The van der Waals surface area contributed by atoms with Crippen molar-refractivity contribution in [2.24, 2.45) is 5.73 Å². The van der Waals surface area contributed by atoms with Gasteiger partial charge < -0.3 is 15.0 Å². The molecule has 0 aromatic heterocycles. The topological polar surface area (TPSA) is 61.5 Å². The number of esters is 1. The fraction of sp³-hybridized carbons (Fsp3) is 0.500. The normalized spacial score (nSPS) is 15.3. The van der Waals surface area contributed by atoms with E-state index in [1.54, 1.807) is 14.0 Å². The monoisotopic (exact) mass is 315 g/mol. The van der Waals surface area contributed by atoms with Crippen molar-refractivity contribution in [3.05, 3.63) is 35.9 Å². The van der Waals surface area contributed by atoms with Crippen LogP contribution in [0.15, 0.2) is 30.3 Å². The lowest BCUT2D eigenvalue weighted by atomic mass is 10.1. The summed E-state index contributed by atoms with van der Waals surface area (Å²) in [5.74, 6) is -0.495. The Morgan fingerprint density at radius 3 is 2.60 bits per heavy atom. The minimum Gasteiger partial charge on any atom is -0.466 e. The molecule has 2 atom stereocenters. The Hall–Kier alpha value is -0.740. The van der Waals surface area contributed by atoms with Crippen LogP contribution in [0.2, 0.25) is 0 Å². The zero-order chi connectivity index (χ0) is 15.0. The van der Waals surface area contributed by atoms with Gasteiger partial charge in [-0.2, -0.15) is 0 Å². The van der Waals surface area contributed by atoms with E-state index in [0.717, 1.165) is 5.56 Å². The second kappa shape index (κ2) is 8.53. The van der Waals surface area contributed by atoms with Crippen molar-refractivity contribution in [1.29, 1.82) is 0 Å². The molecule has 1 aromatic rings. The highest BCUT2D eigenvalue weighted by atomic mass is 32.4. The van der Waals surface area contributed by atoms with Gasteiger partial charge >= 0.3 is 5.97 Å². The highest BCUT2D eigenvalue weighted by Crippen LogP contribution is 2.51. The summed E-state index contributed by atoms with van der Waals surface area (Å²) in [4.78, 5) is 11.4. The summed E-state index contributed by atoms with van der Waals surface area (Å²) in [5.41, 5.74) is 7.35. The summed E-state index contributed by atoms with van der Waals surface area (Å²) in [6.07, 6.45) is -0.819. The molecule has 2 unspecified atom stereocenters. The molecule has 6 heteroatoms. The molecule has 0 spiro atoms. The summed E-state index contributed by atoms with van der Waals surface area (Å²) in [7, 11) is 1.58. The smallest absolute Gasteiger partial charge is 0.306 e. The third-order valence-electron chi connectivity index (χ3n) is 3.03. The van der Waals surface area contributed by atoms with Crippen molar-refractivity contribution < 1.29 is 14.1 Å². The molecular weight excluding hydrogens is 293 g/mol. The van der Waals surface area contributed by atoms with Crippen LogP contribution in [0.1, 0.15) is 18.9 Å². The lowest BCUT2D eigenvalue weighted by Crippen LogP contribution is -2.26. The Balaban J connectivity index is 2.62. The van der Waals surface area contributed by atoms with E-state index in [1.165, 1.54) is 0 Å². The van der Waals surface area contributed by atoms with Gasteiger partial charge in [-0.15, -0.1) is 0 Å². The van der Waals surface area contributed by atoms with Crippen molar-refractivity contribution in [2.45, 2.75) is 25.5 Å². The minimum absolute atomic E-state index is 0.245. The summed E-state index contributed by atoms with van der Waals surface area (Å²) < 4.78 is 10.4. The highest BCUT2D eigenvalue weighted by Gasteiger charge is 2.26. The Kier molecular flexibility index (Phi) is 7.38. The van der Waals surface area contributed by atoms with Gasteiger partial charge in [0.1, 0.15) is 0 Å². The molecule has 20 heavy (non-hydrogen) atoms. The maximum absolute atomic E-state index is 11.4. The first-order valence-corrected chi connectivity index (χ1v) is 9.59. The lowest BCUT2D eigenvalue weighted by molar-refractivity contribution is -0.142. The molecule has 1 aromatic carbocycles. The zero-order valence-electron chi connectivity index (χ0n) is 12.0. The second-order valence-corrected chi connectivity index (χ2v) is 9.23. The number of hydrogen-bond acceptors (Lipinski definition) is 5. The molecule has 112 valence electrons. The lowest BCUT2D eigenvalue weighted by Gasteiger charge is -2.26. The molecule has 0 aliphatic heterocycles.